The Hall–Kier alpha value is -7.00. The zero-order valence-electron chi connectivity index (χ0n) is 35.0. The number of benzene rings is 4. The van der Waals surface area contributed by atoms with Crippen molar-refractivity contribution in [3.05, 3.63) is 112 Å². The van der Waals surface area contributed by atoms with Gasteiger partial charge in [0.15, 0.2) is 28.6 Å². The number of para-hydroxylation sites is 3. The SMILES string of the molecule is CC[C@@]1(O)C(=O)OCC2=C1CC1c3nc4ccccc4c(Nc4ccccc4N[C@@H]4c5cc6c(cc5[C@@H](c5cc(OC)c(OC)c(OC)c5)C5C(=O)OC[C@@H]54)OCO6)c3CN1C2=O. The molecule has 1 aromatic heterocycles. The highest BCUT2D eigenvalue weighted by Gasteiger charge is 2.54. The fraction of sp³-hybridized carbons (Fsp3) is 0.333. The first-order chi connectivity index (χ1) is 30.6. The summed E-state index contributed by atoms with van der Waals surface area (Å²) in [5.41, 5.74) is 6.02. The summed E-state index contributed by atoms with van der Waals surface area (Å²) in [6.07, 6.45) is 0.345. The molecule has 6 heterocycles. The molecular weight excluding hydrogens is 809 g/mol. The van der Waals surface area contributed by atoms with E-state index in [9.17, 15) is 19.5 Å². The number of ether oxygens (including phenoxy) is 7. The van der Waals surface area contributed by atoms with E-state index in [-0.39, 0.29) is 57.2 Å². The first kappa shape index (κ1) is 38.9. The number of methoxy groups -OCH3 is 3. The van der Waals surface area contributed by atoms with Gasteiger partial charge in [0.2, 0.25) is 12.5 Å². The van der Waals surface area contributed by atoms with Gasteiger partial charge in [0, 0.05) is 22.8 Å². The third-order valence-electron chi connectivity index (χ3n) is 13.8. The van der Waals surface area contributed by atoms with E-state index in [1.807, 2.05) is 72.8 Å². The standard InChI is InChI=1S/C48H44N4O11/c1-5-48(56)30-18-34-43-27(19-52(34)45(53)28(30)20-61-47(48)55)41(24-10-6-7-11-31(24)49-43)50-32-12-8-9-13-33(32)51-42-26-17-36-35(62-22-63-36)16-25(26)39(40-29(42)21-60-46(40)54)23-14-37(57-2)44(59-4)38(15-23)58-3/h6-17,29,34,39-40,42,51,56H,5,18-22H2,1-4H3,(H,49,50)/t29-,34?,39+,40?,42+,48-/m0/s1. The van der Waals surface area contributed by atoms with Crippen LogP contribution in [0.25, 0.3) is 10.9 Å². The van der Waals surface area contributed by atoms with E-state index in [4.69, 9.17) is 38.1 Å². The maximum Gasteiger partial charge on any atom is 0.342 e. The molecule has 1 fully saturated rings. The molecule has 1 aliphatic carbocycles. The van der Waals surface area contributed by atoms with Crippen LogP contribution in [0.15, 0.2) is 83.9 Å². The van der Waals surface area contributed by atoms with Crippen molar-refractivity contribution < 1.29 is 52.6 Å². The second-order valence-corrected chi connectivity index (χ2v) is 16.7. The van der Waals surface area contributed by atoms with Gasteiger partial charge in [-0.05, 0) is 77.6 Å². The smallest absolute Gasteiger partial charge is 0.342 e. The summed E-state index contributed by atoms with van der Waals surface area (Å²) in [5.74, 6) is -0.116. The number of pyridine rings is 1. The van der Waals surface area contributed by atoms with E-state index >= 15 is 0 Å². The Kier molecular flexibility index (Phi) is 8.98. The maximum atomic E-state index is 14.2. The van der Waals surface area contributed by atoms with Crippen LogP contribution in [0.3, 0.4) is 0 Å². The minimum Gasteiger partial charge on any atom is -0.493 e. The molecule has 3 N–H and O–H groups in total. The predicted octanol–water partition coefficient (Wildman–Crippen LogP) is 6.60. The molecule has 1 saturated heterocycles. The molecule has 0 spiro atoms. The van der Waals surface area contributed by atoms with Crippen molar-refractivity contribution in [2.75, 3.05) is 52.0 Å². The quantitative estimate of drug-likeness (QED) is 0.135. The van der Waals surface area contributed by atoms with Crippen molar-refractivity contribution in [1.29, 1.82) is 0 Å². The predicted molar refractivity (Wildman–Crippen MR) is 227 cm³/mol. The Labute approximate surface area is 361 Å². The number of nitrogens with zero attached hydrogens (tertiary/aromatic N) is 2. The Morgan fingerprint density at radius 1 is 0.873 bits per heavy atom. The lowest BCUT2D eigenvalue weighted by Crippen LogP contribution is -2.51. The van der Waals surface area contributed by atoms with Gasteiger partial charge in [-0.1, -0.05) is 37.3 Å². The number of esters is 2. The summed E-state index contributed by atoms with van der Waals surface area (Å²) in [6, 6.07) is 22.5. The third-order valence-corrected chi connectivity index (χ3v) is 13.8. The summed E-state index contributed by atoms with van der Waals surface area (Å²) in [5, 5.41) is 20.0. The number of carbonyl (C=O) groups is 3. The van der Waals surface area contributed by atoms with Crippen LogP contribution in [0.2, 0.25) is 0 Å². The molecule has 6 atom stereocenters. The van der Waals surface area contributed by atoms with Crippen LogP contribution in [0, 0.1) is 11.8 Å². The minimum absolute atomic E-state index is 0.0744. The van der Waals surface area contributed by atoms with Gasteiger partial charge in [0.25, 0.3) is 5.91 Å². The molecule has 0 bridgehead atoms. The number of aromatic nitrogens is 1. The molecule has 15 heteroatoms. The lowest BCUT2D eigenvalue weighted by Gasteiger charge is -2.41. The van der Waals surface area contributed by atoms with Crippen LogP contribution in [0.1, 0.15) is 65.7 Å². The summed E-state index contributed by atoms with van der Waals surface area (Å²) in [4.78, 5) is 48.0. The highest BCUT2D eigenvalue weighted by atomic mass is 16.7. The number of amides is 1. The molecule has 2 unspecified atom stereocenters. The summed E-state index contributed by atoms with van der Waals surface area (Å²) >= 11 is 0. The first-order valence-corrected chi connectivity index (χ1v) is 21.0. The van der Waals surface area contributed by atoms with Gasteiger partial charge >= 0.3 is 11.9 Å². The second kappa shape index (κ2) is 14.5. The number of cyclic esters (lactones) is 2. The normalized spacial score (nSPS) is 25.1. The van der Waals surface area contributed by atoms with Crippen molar-refractivity contribution in [3.63, 3.8) is 0 Å². The fourth-order valence-electron chi connectivity index (χ4n) is 10.7. The van der Waals surface area contributed by atoms with Gasteiger partial charge < -0.3 is 53.8 Å². The average Bonchev–Trinajstić information content (AvgIpc) is 4.04. The Morgan fingerprint density at radius 3 is 2.32 bits per heavy atom. The van der Waals surface area contributed by atoms with Gasteiger partial charge in [-0.2, -0.15) is 0 Å². The number of aliphatic hydroxyl groups is 1. The van der Waals surface area contributed by atoms with E-state index in [1.54, 1.807) is 33.2 Å². The van der Waals surface area contributed by atoms with E-state index in [1.165, 1.54) is 0 Å². The summed E-state index contributed by atoms with van der Waals surface area (Å²) in [7, 11) is 4.68. The Morgan fingerprint density at radius 2 is 1.59 bits per heavy atom. The molecule has 5 aliphatic heterocycles. The van der Waals surface area contributed by atoms with Crippen molar-refractivity contribution in [2.45, 2.75) is 49.9 Å². The lowest BCUT2D eigenvalue weighted by atomic mass is 9.65. The first-order valence-electron chi connectivity index (χ1n) is 21.0. The Balaban J connectivity index is 1.00. The fourth-order valence-corrected chi connectivity index (χ4v) is 10.7. The maximum absolute atomic E-state index is 14.2. The van der Waals surface area contributed by atoms with Crippen LogP contribution in [0.4, 0.5) is 17.1 Å². The molecule has 15 nitrogen and oxygen atoms in total. The largest absolute Gasteiger partial charge is 0.493 e. The van der Waals surface area contributed by atoms with Crippen molar-refractivity contribution in [1.82, 2.24) is 9.88 Å². The molecular formula is C48H44N4O11. The molecule has 1 amide bonds. The number of anilines is 3. The molecule has 4 aromatic carbocycles. The lowest BCUT2D eigenvalue weighted by molar-refractivity contribution is -0.165. The van der Waals surface area contributed by atoms with Crippen LogP contribution in [0.5, 0.6) is 28.7 Å². The molecule has 6 aliphatic rings. The van der Waals surface area contributed by atoms with Crippen LogP contribution in [-0.4, -0.2) is 79.8 Å². The summed E-state index contributed by atoms with van der Waals surface area (Å²) in [6.45, 7) is 2.05. The van der Waals surface area contributed by atoms with Crippen molar-refractivity contribution in [3.8, 4) is 28.7 Å². The topological polar surface area (TPSA) is 176 Å². The van der Waals surface area contributed by atoms with Crippen LogP contribution in [-0.2, 0) is 30.4 Å². The van der Waals surface area contributed by atoms with Gasteiger partial charge in [-0.25, -0.2) is 4.79 Å². The number of hydrogen-bond acceptors (Lipinski definition) is 14. The monoisotopic (exact) mass is 852 g/mol. The molecule has 5 aromatic rings. The van der Waals surface area contributed by atoms with E-state index in [0.29, 0.717) is 45.6 Å². The van der Waals surface area contributed by atoms with E-state index < -0.39 is 35.5 Å². The number of fused-ring (bicyclic) bond motifs is 7. The number of nitrogens with one attached hydrogen (secondary N) is 2. The number of hydrogen-bond donors (Lipinski definition) is 3. The number of rotatable bonds is 9. The zero-order chi connectivity index (χ0) is 43.3. The van der Waals surface area contributed by atoms with Gasteiger partial charge in [0.05, 0.1) is 86.3 Å². The molecule has 11 rings (SSSR count). The average molecular weight is 853 g/mol. The van der Waals surface area contributed by atoms with Crippen LogP contribution < -0.4 is 34.3 Å². The second-order valence-electron chi connectivity index (χ2n) is 16.7. The summed E-state index contributed by atoms with van der Waals surface area (Å²) < 4.78 is 40.3. The van der Waals surface area contributed by atoms with E-state index in [2.05, 4.69) is 10.6 Å². The van der Waals surface area contributed by atoms with Gasteiger partial charge in [-0.15, -0.1) is 0 Å². The minimum atomic E-state index is -1.88. The van der Waals surface area contributed by atoms with Crippen molar-refractivity contribution in [2.24, 2.45) is 11.8 Å². The van der Waals surface area contributed by atoms with Gasteiger partial charge in [0.1, 0.15) is 6.61 Å². The molecule has 322 valence electrons. The highest BCUT2D eigenvalue weighted by molar-refractivity contribution is 6.02. The zero-order valence-corrected chi connectivity index (χ0v) is 35.0. The molecule has 0 saturated carbocycles. The molecule has 63 heavy (non-hydrogen) atoms. The highest BCUT2D eigenvalue weighted by Crippen LogP contribution is 2.57. The third kappa shape index (κ3) is 5.74. The van der Waals surface area contributed by atoms with E-state index in [0.717, 1.165) is 50.2 Å². The van der Waals surface area contributed by atoms with Crippen molar-refractivity contribution >= 4 is 45.8 Å². The van der Waals surface area contributed by atoms with Crippen LogP contribution >= 0.6 is 0 Å². The number of carbonyl (C=O) groups excluding carboxylic acids is 3. The van der Waals surface area contributed by atoms with Gasteiger partial charge in [-0.3, -0.25) is 14.6 Å². The molecule has 0 radical (unpaired) electrons. The Bertz CT molecular complexity index is 2800.